The third-order valence-corrected chi connectivity index (χ3v) is 5.82. The molecular weight excluding hydrogens is 386 g/mol. The van der Waals surface area contributed by atoms with Crippen LogP contribution in [-0.2, 0) is 17.9 Å². The summed E-state index contributed by atoms with van der Waals surface area (Å²) in [6, 6.07) is 18.7. The molecule has 1 atom stereocenters. The Hall–Kier alpha value is -2.86. The second kappa shape index (κ2) is 10.4. The van der Waals surface area contributed by atoms with Gasteiger partial charge in [-0.15, -0.1) is 0 Å². The van der Waals surface area contributed by atoms with Crippen LogP contribution in [0.15, 0.2) is 59.6 Å². The Balaban J connectivity index is 1.31. The number of imidazole rings is 1. The molecule has 1 unspecified atom stereocenters. The molecule has 1 N–H and O–H groups in total. The Morgan fingerprint density at radius 3 is 2.81 bits per heavy atom. The fourth-order valence-corrected chi connectivity index (χ4v) is 4.24. The van der Waals surface area contributed by atoms with Gasteiger partial charge in [-0.1, -0.05) is 42.5 Å². The van der Waals surface area contributed by atoms with Crippen LogP contribution in [0.4, 0.5) is 0 Å². The molecule has 0 amide bonds. The van der Waals surface area contributed by atoms with Crippen molar-refractivity contribution < 1.29 is 4.74 Å². The lowest BCUT2D eigenvalue weighted by molar-refractivity contribution is 0.0907. The van der Waals surface area contributed by atoms with Crippen LogP contribution in [0.25, 0.3) is 11.0 Å². The second-order valence-electron chi connectivity index (χ2n) is 8.14. The number of ether oxygens (including phenoxy) is 1. The van der Waals surface area contributed by atoms with Crippen molar-refractivity contribution in [3.05, 3.63) is 66.0 Å². The number of aryl methyl sites for hydroxylation is 1. The van der Waals surface area contributed by atoms with E-state index in [-0.39, 0.29) is 0 Å². The lowest BCUT2D eigenvalue weighted by Gasteiger charge is -2.22. The molecule has 2 aromatic carbocycles. The van der Waals surface area contributed by atoms with Crippen molar-refractivity contribution in [3.8, 4) is 0 Å². The lowest BCUT2D eigenvalue weighted by Crippen LogP contribution is -2.40. The molecule has 4 rings (SSSR count). The fourth-order valence-electron chi connectivity index (χ4n) is 4.24. The van der Waals surface area contributed by atoms with Crippen molar-refractivity contribution in [3.63, 3.8) is 0 Å². The van der Waals surface area contributed by atoms with Gasteiger partial charge in [-0.3, -0.25) is 4.99 Å². The number of fused-ring (bicyclic) bond motifs is 1. The standard InChI is InChI=1S/C25H33N5O/c1-3-26-25(27-14-16-30-20(2)28-23-11-7-8-12-24(23)30)29-15-13-22(17-29)19-31-18-21-9-5-4-6-10-21/h4-12,22H,3,13-19H2,1-2H3,(H,26,27). The summed E-state index contributed by atoms with van der Waals surface area (Å²) in [4.78, 5) is 12.0. The Bertz CT molecular complexity index is 998. The SMILES string of the molecule is CCNC(=NCCn1c(C)nc2ccccc21)N1CCC(COCc2ccccc2)C1. The molecule has 6 nitrogen and oxygen atoms in total. The Kier molecular flexibility index (Phi) is 7.20. The summed E-state index contributed by atoms with van der Waals surface area (Å²) in [7, 11) is 0. The predicted octanol–water partition coefficient (Wildman–Crippen LogP) is 3.85. The molecule has 0 bridgehead atoms. The maximum Gasteiger partial charge on any atom is 0.193 e. The number of hydrogen-bond donors (Lipinski definition) is 1. The monoisotopic (exact) mass is 419 g/mol. The highest BCUT2D eigenvalue weighted by molar-refractivity contribution is 5.80. The summed E-state index contributed by atoms with van der Waals surface area (Å²) in [5, 5.41) is 3.47. The zero-order valence-electron chi connectivity index (χ0n) is 18.6. The number of rotatable bonds is 8. The molecule has 2 heterocycles. The largest absolute Gasteiger partial charge is 0.376 e. The third-order valence-electron chi connectivity index (χ3n) is 5.82. The minimum Gasteiger partial charge on any atom is -0.376 e. The van der Waals surface area contributed by atoms with Gasteiger partial charge in [0.15, 0.2) is 5.96 Å². The summed E-state index contributed by atoms with van der Waals surface area (Å²) in [5.74, 6) is 2.60. The van der Waals surface area contributed by atoms with Crippen LogP contribution in [0.1, 0.15) is 24.7 Å². The topological polar surface area (TPSA) is 54.7 Å². The van der Waals surface area contributed by atoms with Gasteiger partial charge in [0.25, 0.3) is 0 Å². The van der Waals surface area contributed by atoms with E-state index in [0.29, 0.717) is 12.5 Å². The van der Waals surface area contributed by atoms with E-state index >= 15 is 0 Å². The molecule has 0 aliphatic carbocycles. The quantitative estimate of drug-likeness (QED) is 0.445. The van der Waals surface area contributed by atoms with Gasteiger partial charge in [-0.25, -0.2) is 4.98 Å². The highest BCUT2D eigenvalue weighted by Crippen LogP contribution is 2.18. The summed E-state index contributed by atoms with van der Waals surface area (Å²) in [6.45, 7) is 10.1. The normalized spacial score (nSPS) is 16.9. The average Bonchev–Trinajstić information content (AvgIpc) is 3.38. The Morgan fingerprint density at radius 1 is 1.16 bits per heavy atom. The van der Waals surface area contributed by atoms with Crippen LogP contribution in [0.5, 0.6) is 0 Å². The van der Waals surface area contributed by atoms with E-state index in [4.69, 9.17) is 9.73 Å². The van der Waals surface area contributed by atoms with Crippen molar-refractivity contribution in [1.82, 2.24) is 19.8 Å². The van der Waals surface area contributed by atoms with Crippen LogP contribution in [0.2, 0.25) is 0 Å². The molecule has 1 aliphatic heterocycles. The number of benzene rings is 2. The second-order valence-corrected chi connectivity index (χ2v) is 8.14. The number of para-hydroxylation sites is 2. The number of aromatic nitrogens is 2. The number of guanidine groups is 1. The van der Waals surface area contributed by atoms with Gasteiger partial charge in [0.05, 0.1) is 30.8 Å². The molecule has 31 heavy (non-hydrogen) atoms. The molecule has 1 fully saturated rings. The van der Waals surface area contributed by atoms with E-state index in [2.05, 4.69) is 76.1 Å². The van der Waals surface area contributed by atoms with Crippen molar-refractivity contribution in [2.24, 2.45) is 10.9 Å². The van der Waals surface area contributed by atoms with Crippen molar-refractivity contribution in [2.75, 3.05) is 32.8 Å². The van der Waals surface area contributed by atoms with Crippen molar-refractivity contribution in [1.29, 1.82) is 0 Å². The van der Waals surface area contributed by atoms with Gasteiger partial charge in [-0.05, 0) is 38.0 Å². The van der Waals surface area contributed by atoms with E-state index in [1.807, 2.05) is 12.1 Å². The molecule has 164 valence electrons. The Labute approximate surface area is 185 Å². The van der Waals surface area contributed by atoms with Crippen LogP contribution in [-0.4, -0.2) is 53.2 Å². The van der Waals surface area contributed by atoms with E-state index in [9.17, 15) is 0 Å². The highest BCUT2D eigenvalue weighted by atomic mass is 16.5. The number of hydrogen-bond acceptors (Lipinski definition) is 3. The highest BCUT2D eigenvalue weighted by Gasteiger charge is 2.25. The molecule has 0 saturated carbocycles. The number of aliphatic imine (C=N–C) groups is 1. The first-order valence-corrected chi connectivity index (χ1v) is 11.3. The van der Waals surface area contributed by atoms with Crippen molar-refractivity contribution >= 4 is 17.0 Å². The van der Waals surface area contributed by atoms with Gasteiger partial charge in [0.1, 0.15) is 5.82 Å². The molecule has 1 aromatic heterocycles. The van der Waals surface area contributed by atoms with Gasteiger partial charge >= 0.3 is 0 Å². The van der Waals surface area contributed by atoms with Crippen LogP contribution in [0.3, 0.4) is 0 Å². The summed E-state index contributed by atoms with van der Waals surface area (Å²) in [6.07, 6.45) is 1.14. The number of likely N-dealkylation sites (tertiary alicyclic amines) is 1. The molecule has 6 heteroatoms. The smallest absolute Gasteiger partial charge is 0.193 e. The average molecular weight is 420 g/mol. The summed E-state index contributed by atoms with van der Waals surface area (Å²) >= 11 is 0. The first-order valence-electron chi connectivity index (χ1n) is 11.3. The van der Waals surface area contributed by atoms with Crippen LogP contribution in [0, 0.1) is 12.8 Å². The third kappa shape index (κ3) is 5.44. The van der Waals surface area contributed by atoms with Crippen molar-refractivity contribution in [2.45, 2.75) is 33.4 Å². The molecule has 0 radical (unpaired) electrons. The van der Waals surface area contributed by atoms with Gasteiger partial charge < -0.3 is 19.5 Å². The number of nitrogens with one attached hydrogen (secondary N) is 1. The summed E-state index contributed by atoms with van der Waals surface area (Å²) < 4.78 is 8.24. The van der Waals surface area contributed by atoms with Gasteiger partial charge in [-0.2, -0.15) is 0 Å². The van der Waals surface area contributed by atoms with Crippen LogP contribution >= 0.6 is 0 Å². The molecule has 1 aliphatic rings. The van der Waals surface area contributed by atoms with Gasteiger partial charge in [0.2, 0.25) is 0 Å². The van der Waals surface area contributed by atoms with E-state index in [1.54, 1.807) is 0 Å². The predicted molar refractivity (Wildman–Crippen MR) is 126 cm³/mol. The first-order chi connectivity index (χ1) is 15.2. The molecule has 0 spiro atoms. The maximum atomic E-state index is 5.98. The molecule has 3 aromatic rings. The summed E-state index contributed by atoms with van der Waals surface area (Å²) in [5.41, 5.74) is 3.46. The Morgan fingerprint density at radius 2 is 1.97 bits per heavy atom. The maximum absolute atomic E-state index is 5.98. The van der Waals surface area contributed by atoms with Crippen LogP contribution < -0.4 is 5.32 Å². The minimum atomic E-state index is 0.549. The molecular formula is C25H33N5O. The van der Waals surface area contributed by atoms with Gasteiger partial charge in [0, 0.05) is 32.1 Å². The molecule has 1 saturated heterocycles. The number of nitrogens with zero attached hydrogens (tertiary/aromatic N) is 4. The lowest BCUT2D eigenvalue weighted by atomic mass is 10.1. The van der Waals surface area contributed by atoms with E-state index in [0.717, 1.165) is 63.1 Å². The zero-order valence-corrected chi connectivity index (χ0v) is 18.6. The van der Waals surface area contributed by atoms with E-state index < -0.39 is 0 Å². The first kappa shape index (κ1) is 21.4. The zero-order chi connectivity index (χ0) is 21.5. The van der Waals surface area contributed by atoms with E-state index in [1.165, 1.54) is 11.1 Å². The minimum absolute atomic E-state index is 0.549. The fraction of sp³-hybridized carbons (Fsp3) is 0.440.